The lowest BCUT2D eigenvalue weighted by atomic mass is 10.0. The van der Waals surface area contributed by atoms with Gasteiger partial charge in [0, 0.05) is 28.6 Å². The normalized spacial score (nSPS) is 14.4. The second kappa shape index (κ2) is 6.37. The average molecular weight is 369 g/mol. The summed E-state index contributed by atoms with van der Waals surface area (Å²) in [6.45, 7) is 0. The van der Waals surface area contributed by atoms with Crippen LogP contribution in [0.3, 0.4) is 0 Å². The number of carbonyl (C=O) groups excluding carboxylic acids is 1. The molecule has 1 aliphatic rings. The molecular formula is C22H15N3OS. The van der Waals surface area contributed by atoms with E-state index in [2.05, 4.69) is 5.32 Å². The van der Waals surface area contributed by atoms with Crippen LogP contribution in [-0.4, -0.2) is 15.7 Å². The lowest BCUT2D eigenvalue weighted by molar-refractivity contribution is -0.110. The zero-order valence-electron chi connectivity index (χ0n) is 14.3. The van der Waals surface area contributed by atoms with Crippen LogP contribution in [0.25, 0.3) is 27.9 Å². The van der Waals surface area contributed by atoms with Crippen LogP contribution in [0, 0.1) is 0 Å². The van der Waals surface area contributed by atoms with Gasteiger partial charge in [-0.05, 0) is 35.7 Å². The van der Waals surface area contributed by atoms with Crippen molar-refractivity contribution in [1.82, 2.24) is 9.78 Å². The Balaban J connectivity index is 1.68. The molecular weight excluding hydrogens is 354 g/mol. The number of thiophene rings is 1. The third-order valence-corrected chi connectivity index (χ3v) is 5.40. The van der Waals surface area contributed by atoms with E-state index in [0.29, 0.717) is 5.57 Å². The van der Waals surface area contributed by atoms with Crippen LogP contribution in [0.4, 0.5) is 5.69 Å². The standard InChI is InChI=1S/C22H15N3OS/c26-22-18(17-9-4-5-10-19(17)23-22)13-15-14-25(16-7-2-1-3-8-16)24-21(15)20-11-6-12-27-20/h1-14H,(H,23,26)/b18-13-. The smallest absolute Gasteiger partial charge is 0.256 e. The first-order chi connectivity index (χ1) is 13.3. The van der Waals surface area contributed by atoms with Crippen molar-refractivity contribution >= 4 is 34.6 Å². The van der Waals surface area contributed by atoms with Gasteiger partial charge in [-0.1, -0.05) is 42.5 Å². The summed E-state index contributed by atoms with van der Waals surface area (Å²) in [7, 11) is 0. The number of carbonyl (C=O) groups is 1. The molecule has 130 valence electrons. The molecule has 1 N–H and O–H groups in total. The molecule has 5 heteroatoms. The maximum absolute atomic E-state index is 12.5. The fraction of sp³-hybridized carbons (Fsp3) is 0. The van der Waals surface area contributed by atoms with Crippen LogP contribution < -0.4 is 5.32 Å². The Morgan fingerprint density at radius 3 is 2.59 bits per heavy atom. The summed E-state index contributed by atoms with van der Waals surface area (Å²) >= 11 is 1.64. The van der Waals surface area contributed by atoms with Crippen molar-refractivity contribution in [3.05, 3.63) is 89.4 Å². The molecule has 0 saturated carbocycles. The van der Waals surface area contributed by atoms with Crippen LogP contribution in [0.15, 0.2) is 78.3 Å². The van der Waals surface area contributed by atoms with E-state index >= 15 is 0 Å². The lowest BCUT2D eigenvalue weighted by Gasteiger charge is -1.99. The van der Waals surface area contributed by atoms with E-state index in [1.807, 2.05) is 89.1 Å². The van der Waals surface area contributed by atoms with Gasteiger partial charge in [-0.15, -0.1) is 11.3 Å². The van der Waals surface area contributed by atoms with Crippen LogP contribution in [0.1, 0.15) is 11.1 Å². The molecule has 0 radical (unpaired) electrons. The SMILES string of the molecule is O=C1Nc2ccccc2/C1=C/c1cn(-c2ccccc2)nc1-c1cccs1. The highest BCUT2D eigenvalue weighted by atomic mass is 32.1. The number of nitrogens with zero attached hydrogens (tertiary/aromatic N) is 2. The summed E-state index contributed by atoms with van der Waals surface area (Å²) in [6.07, 6.45) is 3.91. The Morgan fingerprint density at radius 1 is 0.963 bits per heavy atom. The van der Waals surface area contributed by atoms with Crippen LogP contribution >= 0.6 is 11.3 Å². The third-order valence-electron chi connectivity index (χ3n) is 4.53. The van der Waals surface area contributed by atoms with Gasteiger partial charge in [0.25, 0.3) is 5.91 Å². The highest BCUT2D eigenvalue weighted by molar-refractivity contribution is 7.13. The Bertz CT molecular complexity index is 1160. The molecule has 0 fully saturated rings. The Hall–Kier alpha value is -3.44. The maximum atomic E-state index is 12.5. The van der Waals surface area contributed by atoms with Crippen molar-refractivity contribution < 1.29 is 4.79 Å². The van der Waals surface area contributed by atoms with Crippen molar-refractivity contribution in [2.24, 2.45) is 0 Å². The van der Waals surface area contributed by atoms with Crippen LogP contribution in [0.5, 0.6) is 0 Å². The predicted molar refractivity (Wildman–Crippen MR) is 110 cm³/mol. The Labute approximate surface area is 160 Å². The molecule has 3 heterocycles. The van der Waals surface area contributed by atoms with Gasteiger partial charge in [-0.2, -0.15) is 5.10 Å². The molecule has 0 unspecified atom stereocenters. The summed E-state index contributed by atoms with van der Waals surface area (Å²) in [5.41, 5.74) is 5.21. The van der Waals surface area contributed by atoms with Gasteiger partial charge in [0.05, 0.1) is 10.6 Å². The number of nitrogens with one attached hydrogen (secondary N) is 1. The van der Waals surface area contributed by atoms with Crippen LogP contribution in [0.2, 0.25) is 0 Å². The first-order valence-corrected chi connectivity index (χ1v) is 9.49. The third kappa shape index (κ3) is 2.78. The van der Waals surface area contributed by atoms with E-state index < -0.39 is 0 Å². The molecule has 5 rings (SSSR count). The first kappa shape index (κ1) is 15.8. The van der Waals surface area contributed by atoms with Gasteiger partial charge in [0.15, 0.2) is 0 Å². The van der Waals surface area contributed by atoms with Crippen LogP contribution in [-0.2, 0) is 4.79 Å². The minimum atomic E-state index is -0.0826. The first-order valence-electron chi connectivity index (χ1n) is 8.61. The van der Waals surface area contributed by atoms with Crippen molar-refractivity contribution in [1.29, 1.82) is 0 Å². The minimum absolute atomic E-state index is 0.0826. The largest absolute Gasteiger partial charge is 0.321 e. The molecule has 27 heavy (non-hydrogen) atoms. The van der Waals surface area contributed by atoms with Gasteiger partial charge in [0.2, 0.25) is 0 Å². The fourth-order valence-electron chi connectivity index (χ4n) is 3.25. The maximum Gasteiger partial charge on any atom is 0.256 e. The van der Waals surface area contributed by atoms with E-state index in [1.165, 1.54) is 0 Å². The van der Waals surface area contributed by atoms with Gasteiger partial charge in [-0.3, -0.25) is 4.79 Å². The van der Waals surface area contributed by atoms with Crippen molar-refractivity contribution in [2.75, 3.05) is 5.32 Å². The molecule has 0 bridgehead atoms. The molecule has 2 aromatic carbocycles. The molecule has 1 aliphatic heterocycles. The minimum Gasteiger partial charge on any atom is -0.321 e. The lowest BCUT2D eigenvalue weighted by Crippen LogP contribution is -2.03. The highest BCUT2D eigenvalue weighted by Crippen LogP contribution is 2.35. The molecule has 4 aromatic rings. The van der Waals surface area contributed by atoms with Crippen molar-refractivity contribution in [2.45, 2.75) is 0 Å². The average Bonchev–Trinajstić information content (AvgIpc) is 3.42. The molecule has 1 amide bonds. The monoisotopic (exact) mass is 369 g/mol. The van der Waals surface area contributed by atoms with E-state index in [-0.39, 0.29) is 5.91 Å². The zero-order valence-corrected chi connectivity index (χ0v) is 15.1. The topological polar surface area (TPSA) is 46.9 Å². The van der Waals surface area contributed by atoms with Gasteiger partial charge >= 0.3 is 0 Å². The summed E-state index contributed by atoms with van der Waals surface area (Å²) in [6, 6.07) is 21.8. The van der Waals surface area contributed by atoms with Crippen molar-refractivity contribution in [3.8, 4) is 16.3 Å². The quantitative estimate of drug-likeness (QED) is 0.511. The number of amides is 1. The number of hydrogen-bond donors (Lipinski definition) is 1. The molecule has 0 atom stereocenters. The predicted octanol–water partition coefficient (Wildman–Crippen LogP) is 5.09. The number of rotatable bonds is 3. The highest BCUT2D eigenvalue weighted by Gasteiger charge is 2.24. The number of anilines is 1. The number of fused-ring (bicyclic) bond motifs is 1. The Morgan fingerprint density at radius 2 is 1.78 bits per heavy atom. The van der Waals surface area contributed by atoms with Crippen molar-refractivity contribution in [3.63, 3.8) is 0 Å². The number of para-hydroxylation sites is 2. The van der Waals surface area contributed by atoms with Gasteiger partial charge in [0.1, 0.15) is 5.69 Å². The number of benzene rings is 2. The van der Waals surface area contributed by atoms with E-state index in [0.717, 1.165) is 33.1 Å². The molecule has 4 nitrogen and oxygen atoms in total. The molecule has 0 spiro atoms. The van der Waals surface area contributed by atoms with E-state index in [9.17, 15) is 4.79 Å². The molecule has 0 aliphatic carbocycles. The molecule has 0 saturated heterocycles. The summed E-state index contributed by atoms with van der Waals surface area (Å²) < 4.78 is 1.86. The second-order valence-electron chi connectivity index (χ2n) is 6.25. The number of aromatic nitrogens is 2. The second-order valence-corrected chi connectivity index (χ2v) is 7.20. The number of hydrogen-bond acceptors (Lipinski definition) is 3. The van der Waals surface area contributed by atoms with E-state index in [1.54, 1.807) is 11.3 Å². The fourth-order valence-corrected chi connectivity index (χ4v) is 3.98. The Kier molecular flexibility index (Phi) is 3.73. The zero-order chi connectivity index (χ0) is 18.2. The van der Waals surface area contributed by atoms with Gasteiger partial charge < -0.3 is 5.32 Å². The van der Waals surface area contributed by atoms with E-state index in [4.69, 9.17) is 5.10 Å². The molecule has 2 aromatic heterocycles. The summed E-state index contributed by atoms with van der Waals surface area (Å²) in [4.78, 5) is 13.6. The summed E-state index contributed by atoms with van der Waals surface area (Å²) in [5.74, 6) is -0.0826. The van der Waals surface area contributed by atoms with Gasteiger partial charge in [-0.25, -0.2) is 4.68 Å². The summed E-state index contributed by atoms with van der Waals surface area (Å²) in [5, 5.41) is 9.76.